The molecule has 32 heavy (non-hydrogen) atoms. The Hall–Kier alpha value is -3.13. The van der Waals surface area contributed by atoms with E-state index in [1.54, 1.807) is 0 Å². The molecule has 6 aromatic rings. The molecule has 0 amide bonds. The molecule has 158 valence electrons. The van der Waals surface area contributed by atoms with Crippen molar-refractivity contribution < 1.29 is 4.57 Å². The Morgan fingerprint density at radius 3 is 2.50 bits per heavy atom. The van der Waals surface area contributed by atoms with Crippen molar-refractivity contribution in [1.29, 1.82) is 0 Å². The van der Waals surface area contributed by atoms with E-state index < -0.39 is 0 Å². The zero-order valence-electron chi connectivity index (χ0n) is 19.2. The highest BCUT2D eigenvalue weighted by molar-refractivity contribution is 6.25. The van der Waals surface area contributed by atoms with Crippen molar-refractivity contribution in [2.75, 3.05) is 0 Å². The van der Waals surface area contributed by atoms with E-state index in [0.717, 1.165) is 0 Å². The monoisotopic (exact) mass is 417 g/mol. The van der Waals surface area contributed by atoms with Gasteiger partial charge in [0.2, 0.25) is 5.52 Å². The minimum atomic E-state index is 0.695. The molecular formula is C30H29N2+. The van der Waals surface area contributed by atoms with E-state index >= 15 is 0 Å². The van der Waals surface area contributed by atoms with Gasteiger partial charge in [0, 0.05) is 16.8 Å². The van der Waals surface area contributed by atoms with Crippen LogP contribution in [0.1, 0.15) is 54.7 Å². The lowest BCUT2D eigenvalue weighted by Gasteiger charge is -2.23. The largest absolute Gasteiger partial charge is 0.307 e. The van der Waals surface area contributed by atoms with Crippen LogP contribution in [0.5, 0.6) is 0 Å². The second-order valence-corrected chi connectivity index (χ2v) is 10.1. The zero-order chi connectivity index (χ0) is 21.6. The molecular weight excluding hydrogens is 388 g/mol. The number of pyridine rings is 2. The molecule has 3 aromatic heterocycles. The molecule has 0 spiro atoms. The SMILES string of the molecule is Cc1ccc2c(c1)c1ccc(C)c3c1n2c1cc(C2CCCCC2)cc2cc[n+](C)c3c21. The van der Waals surface area contributed by atoms with Crippen molar-refractivity contribution in [3.05, 3.63) is 71.4 Å². The highest BCUT2D eigenvalue weighted by Crippen LogP contribution is 2.43. The van der Waals surface area contributed by atoms with E-state index in [2.05, 4.69) is 84.6 Å². The summed E-state index contributed by atoms with van der Waals surface area (Å²) in [6, 6.07) is 19.0. The lowest BCUT2D eigenvalue weighted by molar-refractivity contribution is -0.643. The van der Waals surface area contributed by atoms with Gasteiger partial charge in [-0.3, -0.25) is 0 Å². The molecule has 2 heteroatoms. The van der Waals surface area contributed by atoms with Crippen LogP contribution in [0, 0.1) is 13.8 Å². The summed E-state index contributed by atoms with van der Waals surface area (Å²) in [7, 11) is 2.20. The Labute approximate surface area is 188 Å². The summed E-state index contributed by atoms with van der Waals surface area (Å²) >= 11 is 0. The van der Waals surface area contributed by atoms with Gasteiger partial charge < -0.3 is 4.40 Å². The van der Waals surface area contributed by atoms with Crippen molar-refractivity contribution in [3.8, 4) is 0 Å². The Morgan fingerprint density at radius 1 is 0.812 bits per heavy atom. The van der Waals surface area contributed by atoms with E-state index in [9.17, 15) is 0 Å². The van der Waals surface area contributed by atoms with Crippen molar-refractivity contribution in [2.24, 2.45) is 7.05 Å². The quantitative estimate of drug-likeness (QED) is 0.149. The highest BCUT2D eigenvalue weighted by Gasteiger charge is 2.25. The first kappa shape index (κ1) is 18.4. The average molecular weight is 418 g/mol. The number of nitrogens with zero attached hydrogens (tertiary/aromatic N) is 2. The fourth-order valence-electron chi connectivity index (χ4n) is 6.52. The predicted octanol–water partition coefficient (Wildman–Crippen LogP) is 7.48. The minimum Gasteiger partial charge on any atom is -0.307 e. The molecule has 0 bridgehead atoms. The lowest BCUT2D eigenvalue weighted by Crippen LogP contribution is -2.29. The number of rotatable bonds is 1. The van der Waals surface area contributed by atoms with Crippen LogP contribution in [-0.2, 0) is 7.05 Å². The van der Waals surface area contributed by atoms with Crippen LogP contribution in [0.2, 0.25) is 0 Å². The maximum Gasteiger partial charge on any atom is 0.224 e. The Bertz CT molecular complexity index is 1680. The first-order valence-electron chi connectivity index (χ1n) is 12.1. The van der Waals surface area contributed by atoms with Crippen molar-refractivity contribution in [1.82, 2.24) is 4.40 Å². The van der Waals surface area contributed by atoms with E-state index in [1.807, 2.05) is 0 Å². The van der Waals surface area contributed by atoms with Gasteiger partial charge in [-0.2, -0.15) is 0 Å². The summed E-state index contributed by atoms with van der Waals surface area (Å²) in [6.07, 6.45) is 9.04. The first-order valence-corrected chi connectivity index (χ1v) is 12.1. The molecule has 1 aliphatic carbocycles. The van der Waals surface area contributed by atoms with Crippen molar-refractivity contribution >= 4 is 49.0 Å². The zero-order valence-corrected chi connectivity index (χ0v) is 19.2. The number of aromatic nitrogens is 2. The summed E-state index contributed by atoms with van der Waals surface area (Å²) < 4.78 is 4.91. The van der Waals surface area contributed by atoms with Gasteiger partial charge in [0.05, 0.1) is 27.3 Å². The molecule has 3 aromatic carbocycles. The van der Waals surface area contributed by atoms with Crippen LogP contribution in [0.25, 0.3) is 49.0 Å². The van der Waals surface area contributed by atoms with E-state index in [0.29, 0.717) is 5.92 Å². The molecule has 0 saturated heterocycles. The fraction of sp³-hybridized carbons (Fsp3) is 0.300. The molecule has 0 atom stereocenters. The van der Waals surface area contributed by atoms with Gasteiger partial charge in [-0.15, -0.1) is 0 Å². The number of hydrogen-bond donors (Lipinski definition) is 0. The number of fused-ring (bicyclic) bond motifs is 5. The number of benzene rings is 3. The maximum atomic E-state index is 2.58. The van der Waals surface area contributed by atoms with Gasteiger partial charge in [-0.25, -0.2) is 4.57 Å². The maximum absolute atomic E-state index is 2.58. The van der Waals surface area contributed by atoms with Crippen LogP contribution in [-0.4, -0.2) is 4.40 Å². The summed E-state index contributed by atoms with van der Waals surface area (Å²) in [5.41, 5.74) is 9.65. The molecule has 0 unspecified atom stereocenters. The topological polar surface area (TPSA) is 8.29 Å². The van der Waals surface area contributed by atoms with Crippen molar-refractivity contribution in [2.45, 2.75) is 51.9 Å². The van der Waals surface area contributed by atoms with E-state index in [4.69, 9.17) is 0 Å². The standard InChI is InChI=1S/C30H29N2/c1-18-9-12-25-24(15-18)23-11-10-19(2)27-29(23)32(25)26-17-22(20-7-5-4-6-8-20)16-21-13-14-31(3)30(27)28(21)26/h9-17,20H,4-8H2,1-3H3/q+1. The molecule has 2 nitrogen and oxygen atoms in total. The third-order valence-electron chi connectivity index (χ3n) is 8.08. The molecule has 1 saturated carbocycles. The van der Waals surface area contributed by atoms with Crippen LogP contribution in [0.3, 0.4) is 0 Å². The van der Waals surface area contributed by atoms with Gasteiger partial charge in [-0.05, 0) is 67.3 Å². The average Bonchev–Trinajstić information content (AvgIpc) is 3.13. The molecule has 3 heterocycles. The second kappa shape index (κ2) is 6.45. The fourth-order valence-corrected chi connectivity index (χ4v) is 6.52. The molecule has 0 aliphatic heterocycles. The highest BCUT2D eigenvalue weighted by atomic mass is 15.0. The minimum absolute atomic E-state index is 0.695. The summed E-state index contributed by atoms with van der Waals surface area (Å²) in [4.78, 5) is 0. The lowest BCUT2D eigenvalue weighted by atomic mass is 9.83. The van der Waals surface area contributed by atoms with Gasteiger partial charge >= 0.3 is 0 Å². The van der Waals surface area contributed by atoms with Gasteiger partial charge in [-0.1, -0.05) is 49.1 Å². The summed E-state index contributed by atoms with van der Waals surface area (Å²) in [5, 5.41) is 6.91. The molecule has 7 rings (SSSR count). The molecule has 1 aliphatic rings. The van der Waals surface area contributed by atoms with Gasteiger partial charge in [0.15, 0.2) is 6.20 Å². The predicted molar refractivity (Wildman–Crippen MR) is 135 cm³/mol. The third-order valence-corrected chi connectivity index (χ3v) is 8.08. The number of hydrogen-bond acceptors (Lipinski definition) is 0. The smallest absolute Gasteiger partial charge is 0.224 e. The third kappa shape index (κ3) is 2.33. The van der Waals surface area contributed by atoms with Crippen molar-refractivity contribution in [3.63, 3.8) is 0 Å². The van der Waals surface area contributed by atoms with Crippen LogP contribution < -0.4 is 4.57 Å². The van der Waals surface area contributed by atoms with Crippen LogP contribution in [0.15, 0.2) is 54.7 Å². The number of aryl methyl sites for hydroxylation is 3. The van der Waals surface area contributed by atoms with E-state index in [-0.39, 0.29) is 0 Å². The first-order chi connectivity index (χ1) is 15.6. The molecule has 0 N–H and O–H groups in total. The normalized spacial score (nSPS) is 15.8. The molecule has 1 fully saturated rings. The van der Waals surface area contributed by atoms with E-state index in [1.165, 1.54) is 97.8 Å². The van der Waals surface area contributed by atoms with Crippen LogP contribution >= 0.6 is 0 Å². The summed E-state index contributed by atoms with van der Waals surface area (Å²) in [6.45, 7) is 4.47. The van der Waals surface area contributed by atoms with Crippen LogP contribution in [0.4, 0.5) is 0 Å². The Kier molecular flexibility index (Phi) is 3.72. The Balaban J connectivity index is 1.78. The van der Waals surface area contributed by atoms with Gasteiger partial charge in [0.1, 0.15) is 7.05 Å². The Morgan fingerprint density at radius 2 is 1.66 bits per heavy atom. The summed E-state index contributed by atoms with van der Waals surface area (Å²) in [5.74, 6) is 0.695. The van der Waals surface area contributed by atoms with Gasteiger partial charge in [0.25, 0.3) is 0 Å². The molecule has 0 radical (unpaired) electrons. The second-order valence-electron chi connectivity index (χ2n) is 10.1.